The Labute approximate surface area is 458 Å². The minimum Gasteiger partial charge on any atom is -0.307 e. The number of benzene rings is 9. The van der Waals surface area contributed by atoms with E-state index >= 15 is 0 Å². The highest BCUT2D eigenvalue weighted by Gasteiger charge is 2.26. The van der Waals surface area contributed by atoms with Gasteiger partial charge in [0.2, 0.25) is 0 Å². The molecule has 3 aromatic heterocycles. The topological polar surface area (TPSA) is 72.3 Å². The van der Waals surface area contributed by atoms with Crippen molar-refractivity contribution in [1.29, 1.82) is 5.26 Å². The Morgan fingerprint density at radius 2 is 0.590 bits per heavy atom. The number of nitrogens with zero attached hydrogens (tertiary/aromatic N) is 6. The van der Waals surface area contributed by atoms with Crippen LogP contribution in [0, 0.1) is 108 Å². The lowest BCUT2D eigenvalue weighted by Crippen LogP contribution is -2.07. The predicted molar refractivity (Wildman–Crippen MR) is 327 cm³/mol. The standard InChI is InChI=1S/C72H64N6/c1-38-23-42(5)68(43(6)24-38)52-15-19-57-58-20-16-53(69-44(7)25-39(2)26-45(69)8)32-63(58)77(62(57)31-52)66-35-56(37-73)61(72-75-50(13)74-51(14)76-72)36-67(66)78-64-33-54(70-46(9)27-40(3)28-47(70)10)17-21-59(64)60-22-18-55(34-65(60)78)71-48(11)29-41(4)30-49(71)12/h15-36H,1-14H3. The summed E-state index contributed by atoms with van der Waals surface area (Å²) >= 11 is 0. The second-order valence-electron chi connectivity index (χ2n) is 22.4. The molecule has 382 valence electrons. The summed E-state index contributed by atoms with van der Waals surface area (Å²) in [6.07, 6.45) is 0. The van der Waals surface area contributed by atoms with Crippen molar-refractivity contribution in [3.05, 3.63) is 217 Å². The monoisotopic (exact) mass is 1010 g/mol. The van der Waals surface area contributed by atoms with Crippen molar-refractivity contribution in [3.63, 3.8) is 0 Å². The molecule has 0 saturated heterocycles. The summed E-state index contributed by atoms with van der Waals surface area (Å²) in [4.78, 5) is 14.5. The average molecular weight is 1010 g/mol. The van der Waals surface area contributed by atoms with Gasteiger partial charge >= 0.3 is 0 Å². The number of aromatic nitrogens is 5. The van der Waals surface area contributed by atoms with Gasteiger partial charge in [-0.25, -0.2) is 15.0 Å². The number of rotatable bonds is 7. The summed E-state index contributed by atoms with van der Waals surface area (Å²) in [7, 11) is 0. The molecule has 0 spiro atoms. The highest BCUT2D eigenvalue weighted by Crippen LogP contribution is 2.45. The van der Waals surface area contributed by atoms with Gasteiger partial charge in [0.25, 0.3) is 0 Å². The molecule has 78 heavy (non-hydrogen) atoms. The summed E-state index contributed by atoms with van der Waals surface area (Å²) < 4.78 is 4.90. The van der Waals surface area contributed by atoms with E-state index in [-0.39, 0.29) is 0 Å². The lowest BCUT2D eigenvalue weighted by molar-refractivity contribution is 0.927. The van der Waals surface area contributed by atoms with Crippen LogP contribution in [-0.4, -0.2) is 24.1 Å². The highest BCUT2D eigenvalue weighted by molar-refractivity contribution is 6.14. The predicted octanol–water partition coefficient (Wildman–Crippen LogP) is 18.6. The van der Waals surface area contributed by atoms with Crippen LogP contribution < -0.4 is 0 Å². The van der Waals surface area contributed by atoms with Gasteiger partial charge in [-0.2, -0.15) is 5.26 Å². The molecule has 0 atom stereocenters. The van der Waals surface area contributed by atoms with E-state index in [1.165, 1.54) is 89.0 Å². The van der Waals surface area contributed by atoms with E-state index in [2.05, 4.69) is 237 Å². The van der Waals surface area contributed by atoms with E-state index in [0.29, 0.717) is 28.6 Å². The molecule has 3 heterocycles. The van der Waals surface area contributed by atoms with Crippen LogP contribution in [0.2, 0.25) is 0 Å². The lowest BCUT2D eigenvalue weighted by Gasteiger charge is -2.20. The number of nitriles is 1. The van der Waals surface area contributed by atoms with Gasteiger partial charge in [-0.05, 0) is 222 Å². The van der Waals surface area contributed by atoms with Crippen molar-refractivity contribution < 1.29 is 0 Å². The van der Waals surface area contributed by atoms with E-state index in [4.69, 9.17) is 9.97 Å². The Morgan fingerprint density at radius 3 is 0.859 bits per heavy atom. The normalized spacial score (nSPS) is 11.7. The third kappa shape index (κ3) is 8.19. The first-order valence-electron chi connectivity index (χ1n) is 27.1. The molecule has 0 aliphatic heterocycles. The Balaban J connectivity index is 1.29. The number of hydrogen-bond acceptors (Lipinski definition) is 4. The summed E-state index contributed by atoms with van der Waals surface area (Å²) in [5.74, 6) is 1.65. The molecular formula is C72H64N6. The molecule has 12 aromatic rings. The molecule has 0 fully saturated rings. The smallest absolute Gasteiger partial charge is 0.164 e. The van der Waals surface area contributed by atoms with Crippen LogP contribution in [0.5, 0.6) is 0 Å². The van der Waals surface area contributed by atoms with Gasteiger partial charge in [0.1, 0.15) is 11.6 Å². The quantitative estimate of drug-likeness (QED) is 0.159. The molecule has 0 radical (unpaired) electrons. The zero-order chi connectivity index (χ0) is 54.7. The summed E-state index contributed by atoms with van der Waals surface area (Å²) in [5, 5.41) is 16.0. The van der Waals surface area contributed by atoms with E-state index < -0.39 is 0 Å². The molecule has 0 amide bonds. The minimum absolute atomic E-state index is 0.464. The van der Waals surface area contributed by atoms with Crippen molar-refractivity contribution in [3.8, 4) is 73.3 Å². The van der Waals surface area contributed by atoms with Crippen LogP contribution in [0.3, 0.4) is 0 Å². The Bertz CT molecular complexity index is 4260. The average Bonchev–Trinajstić information content (AvgIpc) is 4.07. The Kier molecular flexibility index (Phi) is 12.0. The zero-order valence-corrected chi connectivity index (χ0v) is 47.4. The van der Waals surface area contributed by atoms with Crippen molar-refractivity contribution in [2.75, 3.05) is 0 Å². The maximum atomic E-state index is 11.5. The number of aryl methyl sites for hydroxylation is 14. The largest absolute Gasteiger partial charge is 0.307 e. The molecule has 6 heteroatoms. The van der Waals surface area contributed by atoms with E-state index in [1.54, 1.807) is 0 Å². The van der Waals surface area contributed by atoms with E-state index in [9.17, 15) is 5.26 Å². The third-order valence-electron chi connectivity index (χ3n) is 16.2. The van der Waals surface area contributed by atoms with Crippen molar-refractivity contribution in [2.24, 2.45) is 0 Å². The van der Waals surface area contributed by atoms with Crippen molar-refractivity contribution in [2.45, 2.75) is 96.9 Å². The molecule has 0 aliphatic carbocycles. The fourth-order valence-electron chi connectivity index (χ4n) is 13.7. The fraction of sp³-hybridized carbons (Fsp3) is 0.194. The maximum absolute atomic E-state index is 11.5. The first-order chi connectivity index (χ1) is 37.3. The molecule has 12 rings (SSSR count). The molecule has 9 aromatic carbocycles. The van der Waals surface area contributed by atoms with Crippen LogP contribution in [0.4, 0.5) is 0 Å². The second kappa shape index (κ2) is 18.7. The van der Waals surface area contributed by atoms with Crippen LogP contribution in [0.15, 0.2) is 133 Å². The fourth-order valence-corrected chi connectivity index (χ4v) is 13.7. The van der Waals surface area contributed by atoms with Gasteiger partial charge in [-0.3, -0.25) is 0 Å². The first-order valence-corrected chi connectivity index (χ1v) is 27.1. The SMILES string of the molecule is Cc1cc(C)c(-c2ccc3c4ccc(-c5c(C)cc(C)cc5C)cc4n(-c4cc(C#N)c(-c5nc(C)nc(C)n5)cc4-n4c5cc(-c6c(C)cc(C)cc6C)ccc5c5ccc(-c6c(C)cc(C)cc6C)cc54)c3c2)c(C)c1. The van der Waals surface area contributed by atoms with Crippen molar-refractivity contribution in [1.82, 2.24) is 24.1 Å². The first kappa shape index (κ1) is 49.9. The van der Waals surface area contributed by atoms with Crippen LogP contribution >= 0.6 is 0 Å². The highest BCUT2D eigenvalue weighted by atomic mass is 15.1. The summed E-state index contributed by atoms with van der Waals surface area (Å²) in [6.45, 7) is 30.2. The van der Waals surface area contributed by atoms with Gasteiger partial charge < -0.3 is 9.13 Å². The molecular weight excluding hydrogens is 949 g/mol. The maximum Gasteiger partial charge on any atom is 0.164 e. The Morgan fingerprint density at radius 1 is 0.321 bits per heavy atom. The van der Waals surface area contributed by atoms with Gasteiger partial charge in [-0.15, -0.1) is 0 Å². The van der Waals surface area contributed by atoms with E-state index in [1.807, 2.05) is 13.8 Å². The van der Waals surface area contributed by atoms with Crippen molar-refractivity contribution >= 4 is 43.6 Å². The minimum atomic E-state index is 0.464. The van der Waals surface area contributed by atoms with Gasteiger partial charge in [-0.1, -0.05) is 119 Å². The summed E-state index contributed by atoms with van der Waals surface area (Å²) in [5.41, 5.74) is 31.4. The van der Waals surface area contributed by atoms with Crippen LogP contribution in [0.1, 0.15) is 84.0 Å². The van der Waals surface area contributed by atoms with E-state index in [0.717, 1.165) is 77.2 Å². The van der Waals surface area contributed by atoms with Gasteiger partial charge in [0.05, 0.1) is 45.1 Å². The van der Waals surface area contributed by atoms with Crippen LogP contribution in [0.25, 0.3) is 111 Å². The third-order valence-corrected chi connectivity index (χ3v) is 16.2. The molecule has 0 N–H and O–H groups in total. The Hall–Kier alpha value is -8.92. The number of hydrogen-bond donors (Lipinski definition) is 0. The molecule has 0 saturated carbocycles. The lowest BCUT2D eigenvalue weighted by atomic mass is 9.92. The van der Waals surface area contributed by atoms with Gasteiger partial charge in [0.15, 0.2) is 5.82 Å². The molecule has 0 bridgehead atoms. The van der Waals surface area contributed by atoms with Gasteiger partial charge in [0, 0.05) is 27.1 Å². The molecule has 6 nitrogen and oxygen atoms in total. The number of fused-ring (bicyclic) bond motifs is 6. The molecule has 0 unspecified atom stereocenters. The molecule has 0 aliphatic rings. The zero-order valence-electron chi connectivity index (χ0n) is 47.4. The summed E-state index contributed by atoms with van der Waals surface area (Å²) in [6, 6.07) is 53.1. The second-order valence-corrected chi connectivity index (χ2v) is 22.4. The van der Waals surface area contributed by atoms with Crippen LogP contribution in [-0.2, 0) is 0 Å².